The van der Waals surface area contributed by atoms with Crippen molar-refractivity contribution in [2.75, 3.05) is 12.9 Å². The molecule has 0 aliphatic carbocycles. The van der Waals surface area contributed by atoms with Crippen molar-refractivity contribution in [3.63, 3.8) is 0 Å². The van der Waals surface area contributed by atoms with E-state index in [0.29, 0.717) is 0 Å². The van der Waals surface area contributed by atoms with Crippen LogP contribution in [0.15, 0.2) is 57.2 Å². The Hall–Kier alpha value is -2.32. The highest BCUT2D eigenvalue weighted by atomic mass is 79.9. The third kappa shape index (κ3) is 4.70. The van der Waals surface area contributed by atoms with Gasteiger partial charge in [-0.3, -0.25) is 4.79 Å². The molecule has 0 aliphatic rings. The van der Waals surface area contributed by atoms with Gasteiger partial charge in [-0.25, -0.2) is 10.4 Å². The van der Waals surface area contributed by atoms with E-state index in [-0.39, 0.29) is 11.7 Å². The average Bonchev–Trinajstić information content (AvgIpc) is 3.04. The second-order valence-corrected chi connectivity index (χ2v) is 7.40. The van der Waals surface area contributed by atoms with Gasteiger partial charge in [0, 0.05) is 6.54 Å². The van der Waals surface area contributed by atoms with E-state index in [0.717, 1.165) is 38.5 Å². The van der Waals surface area contributed by atoms with E-state index < -0.39 is 0 Å². The molecule has 2 aromatic carbocycles. The lowest BCUT2D eigenvalue weighted by molar-refractivity contribution is -0.118. The summed E-state index contributed by atoms with van der Waals surface area (Å²) in [6, 6.07) is 13.5. The number of nitrogens with one attached hydrogen (secondary N) is 1. The molecule has 3 rings (SSSR count). The third-order valence-corrected chi connectivity index (χ3v) is 5.44. The summed E-state index contributed by atoms with van der Waals surface area (Å²) < 4.78 is 8.12. The zero-order valence-electron chi connectivity index (χ0n) is 15.0. The van der Waals surface area contributed by atoms with Crippen LogP contribution in [0.5, 0.6) is 5.75 Å². The number of aromatic nitrogens is 2. The Morgan fingerprint density at radius 1 is 1.37 bits per heavy atom. The second kappa shape index (κ2) is 9.05. The van der Waals surface area contributed by atoms with Gasteiger partial charge in [-0.05, 0) is 58.7 Å². The van der Waals surface area contributed by atoms with Crippen molar-refractivity contribution in [1.29, 1.82) is 0 Å². The minimum absolute atomic E-state index is 0.182. The van der Waals surface area contributed by atoms with Gasteiger partial charge in [-0.15, -0.1) is 0 Å². The van der Waals surface area contributed by atoms with Gasteiger partial charge in [0.15, 0.2) is 5.16 Å². The molecule has 140 valence electrons. The predicted octanol–water partition coefficient (Wildman–Crippen LogP) is 4.07. The van der Waals surface area contributed by atoms with E-state index in [9.17, 15) is 4.79 Å². The first-order valence-corrected chi connectivity index (χ1v) is 10.1. The van der Waals surface area contributed by atoms with Crippen LogP contribution in [0.1, 0.15) is 12.5 Å². The zero-order valence-corrected chi connectivity index (χ0v) is 17.4. The summed E-state index contributed by atoms with van der Waals surface area (Å²) >= 11 is 4.82. The maximum atomic E-state index is 12.1. The Balaban J connectivity index is 1.58. The van der Waals surface area contributed by atoms with Gasteiger partial charge in [0.25, 0.3) is 5.91 Å². The third-order valence-electron chi connectivity index (χ3n) is 3.85. The first-order chi connectivity index (χ1) is 13.1. The molecule has 3 aromatic rings. The topological polar surface area (TPSA) is 68.5 Å². The number of ether oxygens (including phenoxy) is 1. The summed E-state index contributed by atoms with van der Waals surface area (Å²) in [5.41, 5.74) is 5.41. The molecule has 8 heteroatoms. The number of amides is 1. The van der Waals surface area contributed by atoms with Gasteiger partial charge >= 0.3 is 0 Å². The van der Waals surface area contributed by atoms with Crippen LogP contribution in [0.3, 0.4) is 0 Å². The standard InChI is InChI=1S/C19H19BrN4O2S/c1-3-24-16-7-5-4-6-15(16)22-19(24)27-12-18(25)23-21-11-13-8-9-17(26-2)14(20)10-13/h4-11H,3,12H2,1-2H3,(H,23,25)/b21-11+. The van der Waals surface area contributed by atoms with Crippen LogP contribution in [-0.4, -0.2) is 34.5 Å². The number of thioether (sulfide) groups is 1. The van der Waals surface area contributed by atoms with Crippen molar-refractivity contribution >= 4 is 50.8 Å². The Morgan fingerprint density at radius 3 is 2.93 bits per heavy atom. The largest absolute Gasteiger partial charge is 0.496 e. The van der Waals surface area contributed by atoms with E-state index in [1.165, 1.54) is 11.8 Å². The SMILES string of the molecule is CCn1c(SCC(=O)N/N=C/c2ccc(OC)c(Br)c2)nc2ccccc21. The maximum absolute atomic E-state index is 12.1. The zero-order chi connectivity index (χ0) is 19.2. The van der Waals surface area contributed by atoms with Crippen LogP contribution >= 0.6 is 27.7 Å². The number of hydrogen-bond acceptors (Lipinski definition) is 5. The first kappa shape index (κ1) is 19.4. The van der Waals surface area contributed by atoms with Crippen LogP contribution in [0.4, 0.5) is 0 Å². The molecule has 0 bridgehead atoms. The average molecular weight is 447 g/mol. The summed E-state index contributed by atoms with van der Waals surface area (Å²) in [4.78, 5) is 16.7. The normalized spacial score (nSPS) is 11.2. The number of imidazole rings is 1. The van der Waals surface area contributed by atoms with Gasteiger partial charge in [0.05, 0.1) is 34.6 Å². The predicted molar refractivity (Wildman–Crippen MR) is 113 cm³/mol. The molecule has 0 radical (unpaired) electrons. The number of hydrazone groups is 1. The number of methoxy groups -OCH3 is 1. The van der Waals surface area contributed by atoms with Crippen molar-refractivity contribution in [1.82, 2.24) is 15.0 Å². The van der Waals surface area contributed by atoms with Crippen LogP contribution in [0.2, 0.25) is 0 Å². The van der Waals surface area contributed by atoms with Crippen molar-refractivity contribution in [2.24, 2.45) is 5.10 Å². The van der Waals surface area contributed by atoms with Crippen molar-refractivity contribution in [2.45, 2.75) is 18.6 Å². The number of carbonyl (C=O) groups is 1. The molecule has 1 aromatic heterocycles. The van der Waals surface area contributed by atoms with Crippen LogP contribution in [0.25, 0.3) is 11.0 Å². The molecule has 1 amide bonds. The van der Waals surface area contributed by atoms with Gasteiger partial charge in [-0.1, -0.05) is 23.9 Å². The number of aryl methyl sites for hydroxylation is 1. The van der Waals surface area contributed by atoms with Gasteiger partial charge in [0.1, 0.15) is 5.75 Å². The molecule has 1 N–H and O–H groups in total. The molecule has 1 heterocycles. The second-order valence-electron chi connectivity index (χ2n) is 5.60. The number of nitrogens with zero attached hydrogens (tertiary/aromatic N) is 3. The molecule has 0 fully saturated rings. The Kier molecular flexibility index (Phi) is 6.52. The monoisotopic (exact) mass is 446 g/mol. The number of halogens is 1. The van der Waals surface area contributed by atoms with Crippen LogP contribution < -0.4 is 10.2 Å². The number of carbonyl (C=O) groups excluding carboxylic acids is 1. The Labute approximate surface area is 170 Å². The molecule has 0 spiro atoms. The van der Waals surface area contributed by atoms with Gasteiger partial charge in [-0.2, -0.15) is 5.10 Å². The molecular formula is C19H19BrN4O2S. The molecule has 0 saturated heterocycles. The van der Waals surface area contributed by atoms with Gasteiger partial charge in [0.2, 0.25) is 0 Å². The number of rotatable bonds is 7. The molecule has 0 atom stereocenters. The maximum Gasteiger partial charge on any atom is 0.250 e. The van der Waals surface area contributed by atoms with E-state index in [1.54, 1.807) is 13.3 Å². The lowest BCUT2D eigenvalue weighted by atomic mass is 10.2. The molecular weight excluding hydrogens is 428 g/mol. The number of hydrogen-bond donors (Lipinski definition) is 1. The summed E-state index contributed by atoms with van der Waals surface area (Å²) in [5, 5.41) is 4.84. The minimum Gasteiger partial charge on any atom is -0.496 e. The van der Waals surface area contributed by atoms with Crippen LogP contribution in [-0.2, 0) is 11.3 Å². The highest BCUT2D eigenvalue weighted by molar-refractivity contribution is 9.10. The molecule has 0 saturated carbocycles. The summed E-state index contributed by atoms with van der Waals surface area (Å²) in [6.07, 6.45) is 1.59. The van der Waals surface area contributed by atoms with E-state index >= 15 is 0 Å². The lowest BCUT2D eigenvalue weighted by Crippen LogP contribution is -2.20. The number of fused-ring (bicyclic) bond motifs is 1. The van der Waals surface area contributed by atoms with Crippen molar-refractivity contribution in [3.8, 4) is 5.75 Å². The molecule has 27 heavy (non-hydrogen) atoms. The van der Waals surface area contributed by atoms with E-state index in [1.807, 2.05) is 42.5 Å². The molecule has 0 unspecified atom stereocenters. The van der Waals surface area contributed by atoms with Crippen molar-refractivity contribution < 1.29 is 9.53 Å². The summed E-state index contributed by atoms with van der Waals surface area (Å²) in [7, 11) is 1.61. The van der Waals surface area contributed by atoms with Gasteiger partial charge < -0.3 is 9.30 Å². The highest BCUT2D eigenvalue weighted by Gasteiger charge is 2.11. The molecule has 6 nitrogen and oxygen atoms in total. The number of benzene rings is 2. The summed E-state index contributed by atoms with van der Waals surface area (Å²) in [5.74, 6) is 0.803. The van der Waals surface area contributed by atoms with E-state index in [2.05, 4.69) is 42.9 Å². The highest BCUT2D eigenvalue weighted by Crippen LogP contribution is 2.25. The molecule has 0 aliphatic heterocycles. The Bertz CT molecular complexity index is 987. The number of para-hydroxylation sites is 2. The fourth-order valence-corrected chi connectivity index (χ4v) is 4.00. The first-order valence-electron chi connectivity index (χ1n) is 8.36. The lowest BCUT2D eigenvalue weighted by Gasteiger charge is -2.05. The Morgan fingerprint density at radius 2 is 2.19 bits per heavy atom. The van der Waals surface area contributed by atoms with Crippen molar-refractivity contribution in [3.05, 3.63) is 52.5 Å². The summed E-state index contributed by atoms with van der Waals surface area (Å²) in [6.45, 7) is 2.87. The smallest absolute Gasteiger partial charge is 0.250 e. The minimum atomic E-state index is -0.182. The van der Waals surface area contributed by atoms with E-state index in [4.69, 9.17) is 4.74 Å². The fourth-order valence-electron chi connectivity index (χ4n) is 2.57. The van der Waals surface area contributed by atoms with Crippen LogP contribution in [0, 0.1) is 0 Å². The quantitative estimate of drug-likeness (QED) is 0.337. The fraction of sp³-hybridized carbons (Fsp3) is 0.211.